The average Bonchev–Trinajstić information content (AvgIpc) is 3.39. The van der Waals surface area contributed by atoms with Gasteiger partial charge in [0.05, 0.1) is 16.7 Å². The number of phenolic OH excluding ortho intramolecular Hbond substituents is 1. The quantitative estimate of drug-likeness (QED) is 0.585. The van der Waals surface area contributed by atoms with Gasteiger partial charge in [-0.2, -0.15) is 10.1 Å². The first kappa shape index (κ1) is 19.3. The zero-order chi connectivity index (χ0) is 21.2. The van der Waals surface area contributed by atoms with Crippen molar-refractivity contribution in [3.05, 3.63) is 107 Å². The molecule has 0 bridgehead atoms. The molecule has 5 rings (SSSR count). The summed E-state index contributed by atoms with van der Waals surface area (Å²) in [6.07, 6.45) is 2.45. The Hall–Kier alpha value is -3.64. The van der Waals surface area contributed by atoms with Crippen LogP contribution in [0.2, 0.25) is 0 Å². The van der Waals surface area contributed by atoms with Crippen LogP contribution in [-0.4, -0.2) is 26.9 Å². The molecular weight excluding hydrogens is 406 g/mol. The molecule has 0 aliphatic carbocycles. The van der Waals surface area contributed by atoms with E-state index in [1.165, 1.54) is 11.8 Å². The van der Waals surface area contributed by atoms with Gasteiger partial charge < -0.3 is 5.11 Å². The normalized spacial score (nSPS) is 19.6. The third-order valence-corrected chi connectivity index (χ3v) is 6.19. The molecule has 31 heavy (non-hydrogen) atoms. The number of aromatic hydroxyl groups is 1. The molecule has 3 aromatic carbocycles. The molecule has 2 heterocycles. The number of amides is 1. The van der Waals surface area contributed by atoms with E-state index in [2.05, 4.69) is 4.99 Å². The number of thioether (sulfide) groups is 1. The van der Waals surface area contributed by atoms with Gasteiger partial charge in [-0.25, -0.2) is 5.01 Å². The molecule has 0 fully saturated rings. The first-order chi connectivity index (χ1) is 15.2. The Balaban J connectivity index is 1.50. The van der Waals surface area contributed by atoms with Crippen LogP contribution in [0.5, 0.6) is 5.75 Å². The van der Waals surface area contributed by atoms with Gasteiger partial charge in [0, 0.05) is 12.0 Å². The van der Waals surface area contributed by atoms with E-state index in [0.29, 0.717) is 16.5 Å². The lowest BCUT2D eigenvalue weighted by atomic mass is 9.98. The molecule has 0 spiro atoms. The number of amidine groups is 1. The standard InChI is InChI=1S/C25H19N3O2S/c29-22-14-8-7-13-19(22)21-16-20(18-11-5-2-6-12-18)27-28(21)25-26-24(30)23(31-25)15-17-9-3-1-4-10-17/h1-15,21,29H,16H2/b23-15-. The van der Waals surface area contributed by atoms with Crippen LogP contribution < -0.4 is 0 Å². The molecule has 0 saturated heterocycles. The van der Waals surface area contributed by atoms with Crippen LogP contribution in [0, 0.1) is 0 Å². The second-order valence-electron chi connectivity index (χ2n) is 7.26. The average molecular weight is 426 g/mol. The molecule has 3 aromatic rings. The molecule has 0 radical (unpaired) electrons. The lowest BCUT2D eigenvalue weighted by molar-refractivity contribution is -0.113. The number of carbonyl (C=O) groups excluding carboxylic acids is 1. The monoisotopic (exact) mass is 425 g/mol. The van der Waals surface area contributed by atoms with Gasteiger partial charge in [-0.3, -0.25) is 4.79 Å². The van der Waals surface area contributed by atoms with Crippen molar-refractivity contribution in [3.63, 3.8) is 0 Å². The number of hydrazone groups is 1. The van der Waals surface area contributed by atoms with Crippen molar-refractivity contribution in [2.45, 2.75) is 12.5 Å². The summed E-state index contributed by atoms with van der Waals surface area (Å²) in [6.45, 7) is 0. The third kappa shape index (κ3) is 3.90. The van der Waals surface area contributed by atoms with Gasteiger partial charge in [-0.05, 0) is 35.0 Å². The van der Waals surface area contributed by atoms with E-state index in [4.69, 9.17) is 5.10 Å². The topological polar surface area (TPSA) is 65.3 Å². The van der Waals surface area contributed by atoms with Crippen molar-refractivity contribution >= 4 is 34.6 Å². The molecule has 5 nitrogen and oxygen atoms in total. The second kappa shape index (κ2) is 8.24. The van der Waals surface area contributed by atoms with Crippen LogP contribution in [0.4, 0.5) is 0 Å². The fourth-order valence-electron chi connectivity index (χ4n) is 3.70. The molecule has 0 aromatic heterocycles. The summed E-state index contributed by atoms with van der Waals surface area (Å²) < 4.78 is 0. The maximum atomic E-state index is 12.6. The van der Waals surface area contributed by atoms with Gasteiger partial charge >= 0.3 is 0 Å². The first-order valence-electron chi connectivity index (χ1n) is 9.97. The Morgan fingerprint density at radius 3 is 2.35 bits per heavy atom. The number of hydrogen-bond acceptors (Lipinski definition) is 5. The Morgan fingerprint density at radius 1 is 0.935 bits per heavy atom. The van der Waals surface area contributed by atoms with E-state index in [9.17, 15) is 9.90 Å². The summed E-state index contributed by atoms with van der Waals surface area (Å²) in [7, 11) is 0. The molecule has 1 amide bonds. The van der Waals surface area contributed by atoms with Gasteiger partial charge in [-0.1, -0.05) is 78.9 Å². The number of para-hydroxylation sites is 1. The summed E-state index contributed by atoms with van der Waals surface area (Å²) in [4.78, 5) is 17.5. The zero-order valence-electron chi connectivity index (χ0n) is 16.6. The smallest absolute Gasteiger partial charge is 0.286 e. The minimum atomic E-state index is -0.275. The number of phenols is 1. The summed E-state index contributed by atoms with van der Waals surface area (Å²) in [5.74, 6) is -0.0692. The number of aliphatic imine (C=N–C) groups is 1. The Labute approximate surface area is 184 Å². The van der Waals surface area contributed by atoms with Crippen molar-refractivity contribution < 1.29 is 9.90 Å². The van der Waals surface area contributed by atoms with E-state index in [1.54, 1.807) is 17.1 Å². The molecule has 1 atom stereocenters. The van der Waals surface area contributed by atoms with Crippen molar-refractivity contribution in [2.75, 3.05) is 0 Å². The molecule has 2 aliphatic heterocycles. The minimum absolute atomic E-state index is 0.206. The Bertz CT molecular complexity index is 1220. The van der Waals surface area contributed by atoms with Crippen LogP contribution in [0.3, 0.4) is 0 Å². The van der Waals surface area contributed by atoms with E-state index in [0.717, 1.165) is 22.4 Å². The van der Waals surface area contributed by atoms with Gasteiger partial charge in [-0.15, -0.1) is 0 Å². The maximum absolute atomic E-state index is 12.6. The molecular formula is C25H19N3O2S. The Kier molecular flexibility index (Phi) is 5.14. The number of nitrogens with zero attached hydrogens (tertiary/aromatic N) is 3. The van der Waals surface area contributed by atoms with Gasteiger partial charge in [0.25, 0.3) is 5.91 Å². The lowest BCUT2D eigenvalue weighted by Gasteiger charge is -2.23. The summed E-state index contributed by atoms with van der Waals surface area (Å²) in [5.41, 5.74) is 3.61. The fraction of sp³-hybridized carbons (Fsp3) is 0.0800. The highest BCUT2D eigenvalue weighted by Gasteiger charge is 2.37. The molecule has 152 valence electrons. The molecule has 1 N–H and O–H groups in total. The van der Waals surface area contributed by atoms with E-state index < -0.39 is 0 Å². The zero-order valence-corrected chi connectivity index (χ0v) is 17.4. The fourth-order valence-corrected chi connectivity index (χ4v) is 4.61. The summed E-state index contributed by atoms with van der Waals surface area (Å²) in [6, 6.07) is 26.6. The third-order valence-electron chi connectivity index (χ3n) is 5.22. The lowest BCUT2D eigenvalue weighted by Crippen LogP contribution is -2.23. The van der Waals surface area contributed by atoms with Crippen LogP contribution in [0.1, 0.15) is 29.2 Å². The first-order valence-corrected chi connectivity index (χ1v) is 10.8. The van der Waals surface area contributed by atoms with Crippen LogP contribution in [0.25, 0.3) is 6.08 Å². The maximum Gasteiger partial charge on any atom is 0.286 e. The molecule has 1 unspecified atom stereocenters. The predicted molar refractivity (Wildman–Crippen MR) is 125 cm³/mol. The van der Waals surface area contributed by atoms with E-state index in [1.807, 2.05) is 78.9 Å². The van der Waals surface area contributed by atoms with Crippen molar-refractivity contribution in [1.82, 2.24) is 5.01 Å². The van der Waals surface area contributed by atoms with E-state index >= 15 is 0 Å². The highest BCUT2D eigenvalue weighted by Crippen LogP contribution is 2.41. The minimum Gasteiger partial charge on any atom is -0.508 e. The molecule has 0 saturated carbocycles. The van der Waals surface area contributed by atoms with Crippen molar-refractivity contribution in [3.8, 4) is 5.75 Å². The van der Waals surface area contributed by atoms with E-state index in [-0.39, 0.29) is 17.7 Å². The molecule has 2 aliphatic rings. The Morgan fingerprint density at radius 2 is 1.61 bits per heavy atom. The highest BCUT2D eigenvalue weighted by molar-refractivity contribution is 8.18. The summed E-state index contributed by atoms with van der Waals surface area (Å²) >= 11 is 1.31. The van der Waals surface area contributed by atoms with Crippen molar-refractivity contribution in [1.29, 1.82) is 0 Å². The van der Waals surface area contributed by atoms with Crippen LogP contribution in [-0.2, 0) is 4.79 Å². The highest BCUT2D eigenvalue weighted by atomic mass is 32.2. The summed E-state index contributed by atoms with van der Waals surface area (Å²) in [5, 5.41) is 17.6. The van der Waals surface area contributed by atoms with Gasteiger partial charge in [0.1, 0.15) is 5.75 Å². The number of carbonyl (C=O) groups is 1. The predicted octanol–water partition coefficient (Wildman–Crippen LogP) is 5.21. The number of benzene rings is 3. The second-order valence-corrected chi connectivity index (χ2v) is 8.27. The van der Waals surface area contributed by atoms with Crippen LogP contribution in [0.15, 0.2) is 99.9 Å². The van der Waals surface area contributed by atoms with Crippen LogP contribution >= 0.6 is 11.8 Å². The molecule has 6 heteroatoms. The SMILES string of the molecule is O=C1N=C(N2N=C(c3ccccc3)CC2c2ccccc2O)S/C1=C\c1ccccc1. The van der Waals surface area contributed by atoms with Gasteiger partial charge in [0.2, 0.25) is 0 Å². The largest absolute Gasteiger partial charge is 0.508 e. The number of rotatable bonds is 3. The number of hydrogen-bond donors (Lipinski definition) is 1. The van der Waals surface area contributed by atoms with Crippen molar-refractivity contribution in [2.24, 2.45) is 10.1 Å². The van der Waals surface area contributed by atoms with Gasteiger partial charge in [0.15, 0.2) is 5.17 Å².